The number of nitrogens with two attached hydrogens (primary N) is 1. The largest absolute Gasteiger partial charge is 0.381 e. The summed E-state index contributed by atoms with van der Waals surface area (Å²) in [6.45, 7) is 9.60. The molecule has 24 heavy (non-hydrogen) atoms. The minimum Gasteiger partial charge on any atom is -0.381 e. The predicted molar refractivity (Wildman–Crippen MR) is 96.4 cm³/mol. The van der Waals surface area contributed by atoms with E-state index in [1.807, 2.05) is 13.0 Å². The van der Waals surface area contributed by atoms with Gasteiger partial charge < -0.3 is 15.4 Å². The van der Waals surface area contributed by atoms with E-state index in [1.165, 1.54) is 56.4 Å². The van der Waals surface area contributed by atoms with E-state index in [-0.39, 0.29) is 5.91 Å². The molecule has 4 heteroatoms. The van der Waals surface area contributed by atoms with Gasteiger partial charge in [-0.05, 0) is 87.2 Å². The van der Waals surface area contributed by atoms with Crippen molar-refractivity contribution in [2.45, 2.75) is 45.4 Å². The molecule has 2 fully saturated rings. The highest BCUT2D eigenvalue weighted by Gasteiger charge is 2.25. The smallest absolute Gasteiger partial charge is 0.248 e. The van der Waals surface area contributed by atoms with E-state index in [9.17, 15) is 4.79 Å². The molecule has 0 spiro atoms. The van der Waals surface area contributed by atoms with E-state index in [0.29, 0.717) is 11.5 Å². The zero-order chi connectivity index (χ0) is 17.1. The molecule has 1 aromatic rings. The van der Waals surface area contributed by atoms with Crippen LogP contribution < -0.4 is 5.73 Å². The van der Waals surface area contributed by atoms with Gasteiger partial charge in [0.15, 0.2) is 0 Å². The molecular weight excluding hydrogens is 300 g/mol. The fourth-order valence-corrected chi connectivity index (χ4v) is 4.27. The standard InChI is InChI=1S/C20H30N2O2/c1-14-15(2)19(20(21)23)4-3-18(14)17-5-9-22(10-6-17)13-16-7-11-24-12-8-16/h3-4,16-17H,5-13H2,1-2H3,(H2,21,23). The molecule has 1 aromatic carbocycles. The van der Waals surface area contributed by atoms with Crippen LogP contribution in [0.25, 0.3) is 0 Å². The summed E-state index contributed by atoms with van der Waals surface area (Å²) in [4.78, 5) is 14.1. The molecule has 3 rings (SSSR count). The Kier molecular flexibility index (Phi) is 5.57. The number of likely N-dealkylation sites (tertiary alicyclic amines) is 1. The molecule has 2 aliphatic heterocycles. The number of ether oxygens (including phenoxy) is 1. The molecule has 132 valence electrons. The third-order valence-electron chi connectivity index (χ3n) is 5.98. The summed E-state index contributed by atoms with van der Waals surface area (Å²) in [6.07, 6.45) is 4.85. The van der Waals surface area contributed by atoms with Crippen LogP contribution in [-0.2, 0) is 4.74 Å². The lowest BCUT2D eigenvalue weighted by Gasteiger charge is -2.36. The second-order valence-corrected chi connectivity index (χ2v) is 7.45. The minimum absolute atomic E-state index is 0.326. The average molecular weight is 330 g/mol. The summed E-state index contributed by atoms with van der Waals surface area (Å²) in [6, 6.07) is 4.04. The quantitative estimate of drug-likeness (QED) is 0.923. The predicted octanol–water partition coefficient (Wildman–Crippen LogP) is 3.01. The highest BCUT2D eigenvalue weighted by Crippen LogP contribution is 2.33. The monoisotopic (exact) mass is 330 g/mol. The summed E-state index contributed by atoms with van der Waals surface area (Å²) in [5.74, 6) is 1.10. The number of piperidine rings is 1. The van der Waals surface area contributed by atoms with E-state index in [1.54, 1.807) is 0 Å². The van der Waals surface area contributed by atoms with E-state index in [4.69, 9.17) is 10.5 Å². The van der Waals surface area contributed by atoms with Gasteiger partial charge in [0, 0.05) is 25.3 Å². The maximum atomic E-state index is 11.5. The van der Waals surface area contributed by atoms with Crippen molar-refractivity contribution >= 4 is 5.91 Å². The SMILES string of the molecule is Cc1c(C(N)=O)ccc(C2CCN(CC3CCOCC3)CC2)c1C. The molecule has 0 atom stereocenters. The Labute approximate surface area is 145 Å². The van der Waals surface area contributed by atoms with Crippen molar-refractivity contribution in [3.8, 4) is 0 Å². The van der Waals surface area contributed by atoms with Crippen LogP contribution in [0.3, 0.4) is 0 Å². The zero-order valence-electron chi connectivity index (χ0n) is 15.0. The molecular formula is C20H30N2O2. The van der Waals surface area contributed by atoms with Crippen LogP contribution in [-0.4, -0.2) is 43.7 Å². The average Bonchev–Trinajstić information content (AvgIpc) is 2.59. The van der Waals surface area contributed by atoms with Crippen LogP contribution in [0, 0.1) is 19.8 Å². The van der Waals surface area contributed by atoms with Crippen molar-refractivity contribution in [2.24, 2.45) is 11.7 Å². The van der Waals surface area contributed by atoms with Crippen molar-refractivity contribution in [3.63, 3.8) is 0 Å². The summed E-state index contributed by atoms with van der Waals surface area (Å²) in [7, 11) is 0. The Morgan fingerprint density at radius 3 is 2.42 bits per heavy atom. The van der Waals surface area contributed by atoms with E-state index >= 15 is 0 Å². The van der Waals surface area contributed by atoms with Gasteiger partial charge in [0.1, 0.15) is 0 Å². The Hall–Kier alpha value is -1.39. The molecule has 4 nitrogen and oxygen atoms in total. The Morgan fingerprint density at radius 2 is 1.79 bits per heavy atom. The number of rotatable bonds is 4. The third kappa shape index (κ3) is 3.81. The van der Waals surface area contributed by atoms with Gasteiger partial charge in [-0.1, -0.05) is 6.07 Å². The number of carbonyl (C=O) groups is 1. The zero-order valence-corrected chi connectivity index (χ0v) is 15.0. The molecule has 2 N–H and O–H groups in total. The van der Waals surface area contributed by atoms with Gasteiger partial charge in [-0.25, -0.2) is 0 Å². The first-order valence-electron chi connectivity index (χ1n) is 9.26. The normalized spacial score (nSPS) is 21.1. The lowest BCUT2D eigenvalue weighted by molar-refractivity contribution is 0.0488. The number of carbonyl (C=O) groups excluding carboxylic acids is 1. The number of amides is 1. The van der Waals surface area contributed by atoms with Gasteiger partial charge in [0.2, 0.25) is 5.91 Å². The highest BCUT2D eigenvalue weighted by molar-refractivity contribution is 5.94. The first-order valence-corrected chi connectivity index (χ1v) is 9.26. The van der Waals surface area contributed by atoms with Crippen LogP contribution in [0.5, 0.6) is 0 Å². The van der Waals surface area contributed by atoms with Crippen LogP contribution in [0.1, 0.15) is 58.6 Å². The number of nitrogens with zero attached hydrogens (tertiary/aromatic N) is 1. The summed E-state index contributed by atoms with van der Waals surface area (Å²) >= 11 is 0. The van der Waals surface area contributed by atoms with Crippen LogP contribution in [0.15, 0.2) is 12.1 Å². The van der Waals surface area contributed by atoms with Crippen molar-refractivity contribution in [1.82, 2.24) is 4.90 Å². The molecule has 0 saturated carbocycles. The summed E-state index contributed by atoms with van der Waals surface area (Å²) in [5, 5.41) is 0. The first kappa shape index (κ1) is 17.4. The van der Waals surface area contributed by atoms with Gasteiger partial charge >= 0.3 is 0 Å². The lowest BCUT2D eigenvalue weighted by atomic mass is 9.84. The number of hydrogen-bond acceptors (Lipinski definition) is 3. The highest BCUT2D eigenvalue weighted by atomic mass is 16.5. The lowest BCUT2D eigenvalue weighted by Crippen LogP contribution is -2.38. The van der Waals surface area contributed by atoms with E-state index in [2.05, 4.69) is 17.9 Å². The molecule has 0 aliphatic carbocycles. The first-order chi connectivity index (χ1) is 11.6. The van der Waals surface area contributed by atoms with Crippen LogP contribution in [0.2, 0.25) is 0 Å². The molecule has 2 aliphatic rings. The second kappa shape index (κ2) is 7.66. The molecule has 0 bridgehead atoms. The van der Waals surface area contributed by atoms with Crippen molar-refractivity contribution < 1.29 is 9.53 Å². The van der Waals surface area contributed by atoms with Gasteiger partial charge in [-0.15, -0.1) is 0 Å². The fraction of sp³-hybridized carbons (Fsp3) is 0.650. The van der Waals surface area contributed by atoms with E-state index in [0.717, 1.165) is 24.7 Å². The molecule has 0 radical (unpaired) electrons. The van der Waals surface area contributed by atoms with Crippen molar-refractivity contribution in [3.05, 3.63) is 34.4 Å². The number of benzene rings is 1. The molecule has 0 unspecified atom stereocenters. The van der Waals surface area contributed by atoms with Crippen LogP contribution in [0.4, 0.5) is 0 Å². The third-order valence-corrected chi connectivity index (χ3v) is 5.98. The Balaban J connectivity index is 1.60. The second-order valence-electron chi connectivity index (χ2n) is 7.45. The summed E-state index contributed by atoms with van der Waals surface area (Å²) < 4.78 is 5.46. The molecule has 2 saturated heterocycles. The topological polar surface area (TPSA) is 55.6 Å². The fourth-order valence-electron chi connectivity index (χ4n) is 4.27. The van der Waals surface area contributed by atoms with Gasteiger partial charge in [0.25, 0.3) is 0 Å². The number of primary amides is 1. The minimum atomic E-state index is -0.326. The molecule has 1 amide bonds. The maximum Gasteiger partial charge on any atom is 0.248 e. The van der Waals surface area contributed by atoms with Crippen molar-refractivity contribution in [1.29, 1.82) is 0 Å². The van der Waals surface area contributed by atoms with Crippen molar-refractivity contribution in [2.75, 3.05) is 32.8 Å². The molecule has 0 aromatic heterocycles. The Bertz CT molecular complexity index is 586. The Morgan fingerprint density at radius 1 is 1.12 bits per heavy atom. The molecule has 2 heterocycles. The maximum absolute atomic E-state index is 11.5. The summed E-state index contributed by atoms with van der Waals surface area (Å²) in [5.41, 5.74) is 9.82. The van der Waals surface area contributed by atoms with Gasteiger partial charge in [-0.3, -0.25) is 4.79 Å². The van der Waals surface area contributed by atoms with Gasteiger partial charge in [-0.2, -0.15) is 0 Å². The van der Waals surface area contributed by atoms with E-state index < -0.39 is 0 Å². The van der Waals surface area contributed by atoms with Crippen LogP contribution >= 0.6 is 0 Å². The van der Waals surface area contributed by atoms with Gasteiger partial charge in [0.05, 0.1) is 0 Å². The number of hydrogen-bond donors (Lipinski definition) is 1.